The van der Waals surface area contributed by atoms with Crippen LogP contribution in [0.1, 0.15) is 25.5 Å². The highest BCUT2D eigenvalue weighted by atomic mass is 19.1. The van der Waals surface area contributed by atoms with Crippen LogP contribution in [0.25, 0.3) is 0 Å². The number of hydrogen-bond acceptors (Lipinski definition) is 2. The number of halogens is 1. The number of ketones is 1. The predicted molar refractivity (Wildman–Crippen MR) is 51.2 cm³/mol. The van der Waals surface area contributed by atoms with Crippen molar-refractivity contribution in [2.24, 2.45) is 5.92 Å². The van der Waals surface area contributed by atoms with Gasteiger partial charge in [0.1, 0.15) is 11.9 Å². The monoisotopic (exact) mass is 196 g/mol. The minimum absolute atomic E-state index is 0.227. The van der Waals surface area contributed by atoms with Gasteiger partial charge in [0.05, 0.1) is 0 Å². The minimum Gasteiger partial charge on any atom is -0.381 e. The third-order valence-corrected chi connectivity index (χ3v) is 2.02. The Morgan fingerprint density at radius 1 is 1.29 bits per heavy atom. The molecule has 0 aliphatic heterocycles. The first kappa shape index (κ1) is 10.9. The Morgan fingerprint density at radius 2 is 1.79 bits per heavy atom. The fourth-order valence-electron chi connectivity index (χ4n) is 1.13. The van der Waals surface area contributed by atoms with Gasteiger partial charge in [-0.25, -0.2) is 4.39 Å². The van der Waals surface area contributed by atoms with E-state index in [0.717, 1.165) is 0 Å². The summed E-state index contributed by atoms with van der Waals surface area (Å²) in [6, 6.07) is 5.29. The van der Waals surface area contributed by atoms with Gasteiger partial charge in [0.2, 0.25) is 0 Å². The zero-order valence-corrected chi connectivity index (χ0v) is 8.20. The summed E-state index contributed by atoms with van der Waals surface area (Å²) in [6.07, 6.45) is -1.14. The summed E-state index contributed by atoms with van der Waals surface area (Å²) in [5.74, 6) is -0.857. The standard InChI is InChI=1S/C11H13FO2/c1-7(2)10(13)11(14)8-3-5-9(12)6-4-8/h3-7,11,14H,1-2H3/t11-/m1/s1. The fourth-order valence-corrected chi connectivity index (χ4v) is 1.13. The molecule has 0 aliphatic rings. The van der Waals surface area contributed by atoms with Crippen LogP contribution in [0.3, 0.4) is 0 Å². The maximum atomic E-state index is 12.5. The van der Waals surface area contributed by atoms with E-state index in [1.165, 1.54) is 24.3 Å². The van der Waals surface area contributed by atoms with Crippen molar-refractivity contribution in [3.8, 4) is 0 Å². The average Bonchev–Trinajstić information content (AvgIpc) is 2.16. The fraction of sp³-hybridized carbons (Fsp3) is 0.364. The largest absolute Gasteiger partial charge is 0.381 e. The number of aliphatic hydroxyl groups excluding tert-OH is 1. The summed E-state index contributed by atoms with van der Waals surface area (Å²) in [5, 5.41) is 9.58. The summed E-state index contributed by atoms with van der Waals surface area (Å²) in [6.45, 7) is 3.43. The van der Waals surface area contributed by atoms with E-state index in [2.05, 4.69) is 0 Å². The van der Waals surface area contributed by atoms with E-state index in [9.17, 15) is 14.3 Å². The molecule has 1 aromatic rings. The van der Waals surface area contributed by atoms with Gasteiger partial charge in [-0.2, -0.15) is 0 Å². The van der Waals surface area contributed by atoms with Gasteiger partial charge in [-0.1, -0.05) is 26.0 Å². The molecular weight excluding hydrogens is 183 g/mol. The van der Waals surface area contributed by atoms with E-state index >= 15 is 0 Å². The molecule has 0 amide bonds. The normalized spacial score (nSPS) is 12.9. The molecule has 0 spiro atoms. The zero-order chi connectivity index (χ0) is 10.7. The molecule has 1 atom stereocenters. The van der Waals surface area contributed by atoms with E-state index in [0.29, 0.717) is 5.56 Å². The highest BCUT2D eigenvalue weighted by molar-refractivity contribution is 5.85. The molecule has 2 nitrogen and oxygen atoms in total. The number of carbonyl (C=O) groups is 1. The highest BCUT2D eigenvalue weighted by Crippen LogP contribution is 2.17. The Balaban J connectivity index is 2.84. The van der Waals surface area contributed by atoms with Crippen LogP contribution in [0.15, 0.2) is 24.3 Å². The zero-order valence-electron chi connectivity index (χ0n) is 8.20. The number of hydrogen-bond donors (Lipinski definition) is 1. The van der Waals surface area contributed by atoms with Crippen molar-refractivity contribution in [2.75, 3.05) is 0 Å². The number of aliphatic hydroxyl groups is 1. The quantitative estimate of drug-likeness (QED) is 0.803. The van der Waals surface area contributed by atoms with Gasteiger partial charge in [-0.05, 0) is 17.7 Å². The van der Waals surface area contributed by atoms with Crippen molar-refractivity contribution in [3.63, 3.8) is 0 Å². The summed E-state index contributed by atoms with van der Waals surface area (Å²) in [7, 11) is 0. The number of benzene rings is 1. The first-order valence-corrected chi connectivity index (χ1v) is 4.49. The van der Waals surface area contributed by atoms with Gasteiger partial charge < -0.3 is 5.11 Å². The molecule has 76 valence electrons. The van der Waals surface area contributed by atoms with Gasteiger partial charge in [0, 0.05) is 5.92 Å². The molecule has 0 radical (unpaired) electrons. The Bertz CT molecular complexity index is 317. The van der Waals surface area contributed by atoms with Crippen LogP contribution in [0.4, 0.5) is 4.39 Å². The maximum absolute atomic E-state index is 12.5. The van der Waals surface area contributed by atoms with Crippen LogP contribution in [0.2, 0.25) is 0 Å². The van der Waals surface area contributed by atoms with E-state index in [1.807, 2.05) is 0 Å². The summed E-state index contributed by atoms with van der Waals surface area (Å²) >= 11 is 0. The number of Topliss-reactive ketones (excluding diaryl/α,β-unsaturated/α-hetero) is 1. The van der Waals surface area contributed by atoms with Crippen LogP contribution in [0.5, 0.6) is 0 Å². The highest BCUT2D eigenvalue weighted by Gasteiger charge is 2.19. The lowest BCUT2D eigenvalue weighted by Gasteiger charge is -2.11. The lowest BCUT2D eigenvalue weighted by atomic mass is 9.98. The second kappa shape index (κ2) is 4.33. The molecule has 0 fully saturated rings. The molecule has 1 rings (SSSR count). The Morgan fingerprint density at radius 3 is 2.21 bits per heavy atom. The van der Waals surface area contributed by atoms with Gasteiger partial charge in [0.15, 0.2) is 5.78 Å². The number of carbonyl (C=O) groups excluding carboxylic acids is 1. The molecule has 0 bridgehead atoms. The summed E-state index contributed by atoms with van der Waals surface area (Å²) in [4.78, 5) is 11.4. The first-order chi connectivity index (χ1) is 6.52. The molecule has 0 unspecified atom stereocenters. The van der Waals surface area contributed by atoms with Crippen LogP contribution in [-0.4, -0.2) is 10.9 Å². The molecule has 0 saturated heterocycles. The summed E-state index contributed by atoms with van der Waals surface area (Å²) < 4.78 is 12.5. The second-order valence-electron chi connectivity index (χ2n) is 3.51. The van der Waals surface area contributed by atoms with Crippen LogP contribution in [0, 0.1) is 11.7 Å². The molecular formula is C11H13FO2. The van der Waals surface area contributed by atoms with E-state index < -0.39 is 6.10 Å². The van der Waals surface area contributed by atoms with E-state index in [4.69, 9.17) is 0 Å². The molecule has 14 heavy (non-hydrogen) atoms. The molecule has 0 heterocycles. The third-order valence-electron chi connectivity index (χ3n) is 2.02. The molecule has 0 aliphatic carbocycles. The van der Waals surface area contributed by atoms with Crippen molar-refractivity contribution < 1.29 is 14.3 Å². The van der Waals surface area contributed by atoms with Gasteiger partial charge in [-0.15, -0.1) is 0 Å². The molecule has 1 N–H and O–H groups in total. The first-order valence-electron chi connectivity index (χ1n) is 4.49. The lowest BCUT2D eigenvalue weighted by Crippen LogP contribution is -2.17. The minimum atomic E-state index is -1.14. The van der Waals surface area contributed by atoms with Crippen molar-refractivity contribution in [1.29, 1.82) is 0 Å². The Labute approximate surface area is 82.4 Å². The van der Waals surface area contributed by atoms with Crippen molar-refractivity contribution >= 4 is 5.78 Å². The van der Waals surface area contributed by atoms with E-state index in [-0.39, 0.29) is 17.5 Å². The Hall–Kier alpha value is -1.22. The van der Waals surface area contributed by atoms with Crippen LogP contribution in [-0.2, 0) is 4.79 Å². The van der Waals surface area contributed by atoms with E-state index in [1.54, 1.807) is 13.8 Å². The maximum Gasteiger partial charge on any atom is 0.168 e. The van der Waals surface area contributed by atoms with Gasteiger partial charge in [0.25, 0.3) is 0 Å². The van der Waals surface area contributed by atoms with Crippen molar-refractivity contribution in [3.05, 3.63) is 35.6 Å². The average molecular weight is 196 g/mol. The second-order valence-corrected chi connectivity index (χ2v) is 3.51. The lowest BCUT2D eigenvalue weighted by molar-refractivity contribution is -0.130. The van der Waals surface area contributed by atoms with Crippen LogP contribution < -0.4 is 0 Å². The summed E-state index contributed by atoms with van der Waals surface area (Å²) in [5.41, 5.74) is 0.435. The molecule has 0 aromatic heterocycles. The van der Waals surface area contributed by atoms with Gasteiger partial charge in [-0.3, -0.25) is 4.79 Å². The molecule has 0 saturated carbocycles. The Kier molecular flexibility index (Phi) is 3.36. The molecule has 3 heteroatoms. The number of rotatable bonds is 3. The SMILES string of the molecule is CC(C)C(=O)[C@H](O)c1ccc(F)cc1. The topological polar surface area (TPSA) is 37.3 Å². The van der Waals surface area contributed by atoms with Gasteiger partial charge >= 0.3 is 0 Å². The third kappa shape index (κ3) is 2.39. The smallest absolute Gasteiger partial charge is 0.168 e. The molecule has 1 aromatic carbocycles. The predicted octanol–water partition coefficient (Wildman–Crippen LogP) is 2.08. The van der Waals surface area contributed by atoms with Crippen molar-refractivity contribution in [2.45, 2.75) is 20.0 Å². The van der Waals surface area contributed by atoms with Crippen LogP contribution >= 0.6 is 0 Å². The van der Waals surface area contributed by atoms with Crippen molar-refractivity contribution in [1.82, 2.24) is 0 Å².